The third kappa shape index (κ3) is 3.26. The van der Waals surface area contributed by atoms with Crippen LogP contribution in [0.2, 0.25) is 0 Å². The number of methoxy groups -OCH3 is 1. The molecule has 8 nitrogen and oxygen atoms in total. The Labute approximate surface area is 172 Å². The fourth-order valence-electron chi connectivity index (χ4n) is 3.78. The van der Waals surface area contributed by atoms with E-state index in [1.165, 1.54) is 0 Å². The van der Waals surface area contributed by atoms with Crippen molar-refractivity contribution in [3.8, 4) is 5.75 Å². The predicted molar refractivity (Wildman–Crippen MR) is 110 cm³/mol. The number of nitrogens with one attached hydrogen (secondary N) is 1. The molecule has 1 N–H and O–H groups in total. The quantitative estimate of drug-likeness (QED) is 0.548. The van der Waals surface area contributed by atoms with Gasteiger partial charge >= 0.3 is 0 Å². The van der Waals surface area contributed by atoms with Crippen molar-refractivity contribution < 1.29 is 13.9 Å². The summed E-state index contributed by atoms with van der Waals surface area (Å²) < 4.78 is 10.8. The third-order valence-corrected chi connectivity index (χ3v) is 5.30. The topological polar surface area (TPSA) is 103 Å². The lowest BCUT2D eigenvalue weighted by Gasteiger charge is -2.21. The van der Waals surface area contributed by atoms with Gasteiger partial charge in [0.15, 0.2) is 5.78 Å². The van der Waals surface area contributed by atoms with E-state index in [0.717, 1.165) is 28.1 Å². The van der Waals surface area contributed by atoms with E-state index in [2.05, 4.69) is 25.3 Å². The molecule has 1 aliphatic carbocycles. The SMILES string of the molecule is COc1ccc2c(C)nc(Nc3ncc4c(n3)C[C@H](c3ccco3)CC4=O)nc2c1. The van der Waals surface area contributed by atoms with E-state index in [4.69, 9.17) is 9.15 Å². The zero-order valence-electron chi connectivity index (χ0n) is 16.5. The number of ketones is 1. The molecule has 0 radical (unpaired) electrons. The summed E-state index contributed by atoms with van der Waals surface area (Å²) in [6.07, 6.45) is 4.20. The molecule has 4 aromatic rings. The Morgan fingerprint density at radius 1 is 1.13 bits per heavy atom. The second-order valence-corrected chi connectivity index (χ2v) is 7.24. The van der Waals surface area contributed by atoms with Gasteiger partial charge in [-0.1, -0.05) is 0 Å². The fraction of sp³-hybridized carbons (Fsp3) is 0.227. The molecule has 0 amide bonds. The number of furan rings is 1. The highest BCUT2D eigenvalue weighted by molar-refractivity contribution is 5.98. The van der Waals surface area contributed by atoms with E-state index in [1.54, 1.807) is 19.6 Å². The van der Waals surface area contributed by atoms with Crippen molar-refractivity contribution in [3.63, 3.8) is 0 Å². The number of carbonyl (C=O) groups excluding carboxylic acids is 1. The molecule has 0 aliphatic heterocycles. The number of rotatable bonds is 4. The molecule has 1 aromatic carbocycles. The van der Waals surface area contributed by atoms with Crippen molar-refractivity contribution in [2.24, 2.45) is 0 Å². The molecule has 3 aromatic heterocycles. The first kappa shape index (κ1) is 18.2. The number of fused-ring (bicyclic) bond motifs is 2. The highest BCUT2D eigenvalue weighted by Crippen LogP contribution is 2.32. The van der Waals surface area contributed by atoms with Crippen molar-refractivity contribution in [2.75, 3.05) is 12.4 Å². The maximum absolute atomic E-state index is 12.5. The number of hydrogen-bond acceptors (Lipinski definition) is 8. The molecule has 3 heterocycles. The average Bonchev–Trinajstić information content (AvgIpc) is 3.28. The van der Waals surface area contributed by atoms with Crippen LogP contribution in [0.3, 0.4) is 0 Å². The van der Waals surface area contributed by atoms with Gasteiger partial charge in [-0.2, -0.15) is 0 Å². The molecule has 0 spiro atoms. The van der Waals surface area contributed by atoms with Crippen LogP contribution >= 0.6 is 0 Å². The van der Waals surface area contributed by atoms with Gasteiger partial charge in [0.2, 0.25) is 11.9 Å². The smallest absolute Gasteiger partial charge is 0.230 e. The Balaban J connectivity index is 1.46. The Hall–Kier alpha value is -3.81. The minimum absolute atomic E-state index is 0.0191. The Morgan fingerprint density at radius 2 is 2.03 bits per heavy atom. The summed E-state index contributed by atoms with van der Waals surface area (Å²) in [5, 5.41) is 4.01. The summed E-state index contributed by atoms with van der Waals surface area (Å²) in [7, 11) is 1.62. The summed E-state index contributed by atoms with van der Waals surface area (Å²) >= 11 is 0. The molecule has 30 heavy (non-hydrogen) atoms. The van der Waals surface area contributed by atoms with Crippen LogP contribution in [-0.4, -0.2) is 32.8 Å². The molecule has 8 heteroatoms. The van der Waals surface area contributed by atoms with Gasteiger partial charge in [0.25, 0.3) is 0 Å². The zero-order chi connectivity index (χ0) is 20.7. The Kier molecular flexibility index (Phi) is 4.39. The zero-order valence-corrected chi connectivity index (χ0v) is 16.5. The van der Waals surface area contributed by atoms with Gasteiger partial charge in [-0.15, -0.1) is 0 Å². The van der Waals surface area contributed by atoms with Gasteiger partial charge < -0.3 is 9.15 Å². The summed E-state index contributed by atoms with van der Waals surface area (Å²) in [4.78, 5) is 30.5. The molecule has 150 valence electrons. The first-order valence-electron chi connectivity index (χ1n) is 9.62. The normalized spacial score (nSPS) is 15.8. The van der Waals surface area contributed by atoms with Gasteiger partial charge in [0.1, 0.15) is 11.5 Å². The lowest BCUT2D eigenvalue weighted by Crippen LogP contribution is -2.21. The van der Waals surface area contributed by atoms with Crippen LogP contribution in [0, 0.1) is 6.92 Å². The number of aryl methyl sites for hydroxylation is 1. The third-order valence-electron chi connectivity index (χ3n) is 5.30. The second kappa shape index (κ2) is 7.22. The van der Waals surface area contributed by atoms with Crippen LogP contribution in [0.4, 0.5) is 11.9 Å². The summed E-state index contributed by atoms with van der Waals surface area (Å²) in [6, 6.07) is 9.39. The van der Waals surface area contributed by atoms with Gasteiger partial charge in [0, 0.05) is 36.4 Å². The minimum Gasteiger partial charge on any atom is -0.497 e. The van der Waals surface area contributed by atoms with Gasteiger partial charge in [-0.25, -0.2) is 19.9 Å². The van der Waals surface area contributed by atoms with Crippen LogP contribution in [0.5, 0.6) is 5.75 Å². The van der Waals surface area contributed by atoms with Gasteiger partial charge in [-0.3, -0.25) is 10.1 Å². The number of anilines is 2. The number of carbonyl (C=O) groups is 1. The van der Waals surface area contributed by atoms with E-state index in [1.807, 2.05) is 37.3 Å². The standard InChI is InChI=1S/C22H19N5O3/c1-12-15-6-5-14(29-2)10-18(15)26-22(24-12)27-21-23-11-16-17(25-21)8-13(9-19(16)28)20-4-3-7-30-20/h3-7,10-11,13H,8-9H2,1-2H3,(H,23,24,25,26,27)/t13-/m0/s1. The van der Waals surface area contributed by atoms with Crippen molar-refractivity contribution in [1.82, 2.24) is 19.9 Å². The van der Waals surface area contributed by atoms with E-state index in [0.29, 0.717) is 36.0 Å². The van der Waals surface area contributed by atoms with Crippen LogP contribution in [-0.2, 0) is 6.42 Å². The average molecular weight is 401 g/mol. The van der Waals surface area contributed by atoms with Crippen molar-refractivity contribution in [1.29, 1.82) is 0 Å². The maximum Gasteiger partial charge on any atom is 0.230 e. The van der Waals surface area contributed by atoms with E-state index >= 15 is 0 Å². The molecule has 5 rings (SSSR count). The molecular weight excluding hydrogens is 382 g/mol. The van der Waals surface area contributed by atoms with Crippen LogP contribution in [0.25, 0.3) is 10.9 Å². The van der Waals surface area contributed by atoms with Crippen LogP contribution in [0.1, 0.15) is 39.8 Å². The second-order valence-electron chi connectivity index (χ2n) is 7.24. The first-order chi connectivity index (χ1) is 14.6. The largest absolute Gasteiger partial charge is 0.497 e. The van der Waals surface area contributed by atoms with Crippen molar-refractivity contribution >= 4 is 28.6 Å². The monoisotopic (exact) mass is 401 g/mol. The lowest BCUT2D eigenvalue weighted by molar-refractivity contribution is 0.0958. The molecule has 0 bridgehead atoms. The van der Waals surface area contributed by atoms with Gasteiger partial charge in [0.05, 0.1) is 35.8 Å². The van der Waals surface area contributed by atoms with Crippen LogP contribution < -0.4 is 10.1 Å². The highest BCUT2D eigenvalue weighted by atomic mass is 16.5. The first-order valence-corrected chi connectivity index (χ1v) is 9.62. The molecule has 1 atom stereocenters. The Morgan fingerprint density at radius 3 is 2.83 bits per heavy atom. The van der Waals surface area contributed by atoms with Crippen LogP contribution in [0.15, 0.2) is 47.2 Å². The van der Waals surface area contributed by atoms with E-state index in [9.17, 15) is 4.79 Å². The molecule has 1 aliphatic rings. The van der Waals surface area contributed by atoms with Crippen molar-refractivity contribution in [2.45, 2.75) is 25.7 Å². The number of ether oxygens (including phenoxy) is 1. The Bertz CT molecular complexity index is 1250. The van der Waals surface area contributed by atoms with Gasteiger partial charge in [-0.05, 0) is 31.2 Å². The molecular formula is C22H19N5O3. The number of Topliss-reactive ketones (excluding diaryl/α,β-unsaturated/α-hetero) is 1. The number of aromatic nitrogens is 4. The lowest BCUT2D eigenvalue weighted by atomic mass is 9.85. The predicted octanol–water partition coefficient (Wildman–Crippen LogP) is 3.99. The molecule has 0 unspecified atom stereocenters. The number of benzene rings is 1. The molecule has 0 saturated heterocycles. The van der Waals surface area contributed by atoms with E-state index < -0.39 is 0 Å². The maximum atomic E-state index is 12.5. The van der Waals surface area contributed by atoms with E-state index in [-0.39, 0.29) is 11.7 Å². The number of hydrogen-bond donors (Lipinski definition) is 1. The summed E-state index contributed by atoms with van der Waals surface area (Å²) in [6.45, 7) is 1.92. The van der Waals surface area contributed by atoms with Crippen molar-refractivity contribution in [3.05, 3.63) is 65.5 Å². The fourth-order valence-corrected chi connectivity index (χ4v) is 3.78. The summed E-state index contributed by atoms with van der Waals surface area (Å²) in [5.41, 5.74) is 2.85. The highest BCUT2D eigenvalue weighted by Gasteiger charge is 2.29. The summed E-state index contributed by atoms with van der Waals surface area (Å²) in [5.74, 6) is 2.26. The minimum atomic E-state index is -0.0191. The molecule has 0 fully saturated rings. The number of nitrogens with zero attached hydrogens (tertiary/aromatic N) is 4. The molecule has 0 saturated carbocycles.